The van der Waals surface area contributed by atoms with Crippen LogP contribution in [0.25, 0.3) is 0 Å². The summed E-state index contributed by atoms with van der Waals surface area (Å²) in [5.41, 5.74) is 1.49. The van der Waals surface area contributed by atoms with Crippen molar-refractivity contribution >= 4 is 11.8 Å². The van der Waals surface area contributed by atoms with Gasteiger partial charge in [-0.2, -0.15) is 5.26 Å². The summed E-state index contributed by atoms with van der Waals surface area (Å²) < 4.78 is 0. The van der Waals surface area contributed by atoms with Crippen LogP contribution in [0.3, 0.4) is 0 Å². The highest BCUT2D eigenvalue weighted by molar-refractivity contribution is 5.87. The van der Waals surface area contributed by atoms with Crippen molar-refractivity contribution in [3.05, 3.63) is 35.4 Å². The van der Waals surface area contributed by atoms with Crippen LogP contribution in [0.4, 0.5) is 0 Å². The Kier molecular flexibility index (Phi) is 5.72. The SMILES string of the molecule is CN(Cc1ccc(C#N)cc1)C(=O)CN1CCCCC(O)C1=O. The number of benzene rings is 1. The van der Waals surface area contributed by atoms with E-state index in [1.807, 2.05) is 12.1 Å². The third-order valence-electron chi connectivity index (χ3n) is 4.01. The second-order valence-electron chi connectivity index (χ2n) is 5.83. The standard InChI is InChI=1S/C17H21N3O3/c1-19(11-14-7-5-13(10-18)6-8-14)16(22)12-20-9-3-2-4-15(21)17(20)23/h5-8,15,21H,2-4,9,11-12H2,1H3. The summed E-state index contributed by atoms with van der Waals surface area (Å²) >= 11 is 0. The lowest BCUT2D eigenvalue weighted by Crippen LogP contribution is -2.44. The normalized spacial score (nSPS) is 18.2. The zero-order chi connectivity index (χ0) is 16.8. The van der Waals surface area contributed by atoms with Crippen molar-refractivity contribution in [3.8, 4) is 6.07 Å². The number of aliphatic hydroxyl groups is 1. The summed E-state index contributed by atoms with van der Waals surface area (Å²) in [6.45, 7) is 0.907. The summed E-state index contributed by atoms with van der Waals surface area (Å²) in [5.74, 6) is -0.528. The maximum atomic E-state index is 12.3. The lowest BCUT2D eigenvalue weighted by molar-refractivity contribution is -0.145. The lowest BCUT2D eigenvalue weighted by atomic mass is 10.1. The van der Waals surface area contributed by atoms with Gasteiger partial charge in [0, 0.05) is 20.1 Å². The van der Waals surface area contributed by atoms with Gasteiger partial charge in [0.2, 0.25) is 5.91 Å². The molecule has 0 aromatic heterocycles. The van der Waals surface area contributed by atoms with Gasteiger partial charge in [-0.3, -0.25) is 9.59 Å². The number of likely N-dealkylation sites (N-methyl/N-ethyl adjacent to an activating group) is 1. The van der Waals surface area contributed by atoms with Gasteiger partial charge in [0.1, 0.15) is 6.10 Å². The summed E-state index contributed by atoms with van der Waals surface area (Å²) in [4.78, 5) is 27.3. The Hall–Kier alpha value is -2.39. The number of carbonyl (C=O) groups is 2. The largest absolute Gasteiger partial charge is 0.383 e. The average molecular weight is 315 g/mol. The van der Waals surface area contributed by atoms with Crippen molar-refractivity contribution in [2.45, 2.75) is 31.9 Å². The minimum absolute atomic E-state index is 0.0112. The maximum Gasteiger partial charge on any atom is 0.251 e. The summed E-state index contributed by atoms with van der Waals surface area (Å²) in [7, 11) is 1.68. The van der Waals surface area contributed by atoms with E-state index >= 15 is 0 Å². The molecule has 23 heavy (non-hydrogen) atoms. The summed E-state index contributed by atoms with van der Waals surface area (Å²) in [5, 5.41) is 18.5. The van der Waals surface area contributed by atoms with Crippen molar-refractivity contribution in [2.24, 2.45) is 0 Å². The molecule has 0 radical (unpaired) electrons. The number of aliphatic hydroxyl groups excluding tert-OH is 1. The molecule has 0 saturated carbocycles. The molecule has 0 spiro atoms. The fourth-order valence-corrected chi connectivity index (χ4v) is 2.57. The van der Waals surface area contributed by atoms with E-state index in [0.29, 0.717) is 25.1 Å². The molecule has 1 heterocycles. The smallest absolute Gasteiger partial charge is 0.251 e. The minimum Gasteiger partial charge on any atom is -0.383 e. The zero-order valence-corrected chi connectivity index (χ0v) is 13.2. The molecule has 1 aromatic rings. The highest BCUT2D eigenvalue weighted by Crippen LogP contribution is 2.13. The van der Waals surface area contributed by atoms with Crippen LogP contribution >= 0.6 is 0 Å². The van der Waals surface area contributed by atoms with Crippen LogP contribution in [0.1, 0.15) is 30.4 Å². The molecule has 1 atom stereocenters. The number of hydrogen-bond donors (Lipinski definition) is 1. The van der Waals surface area contributed by atoms with Gasteiger partial charge in [-0.1, -0.05) is 12.1 Å². The third-order valence-corrected chi connectivity index (χ3v) is 4.01. The molecule has 0 bridgehead atoms. The molecule has 1 fully saturated rings. The molecule has 2 amide bonds. The molecule has 1 aliphatic heterocycles. The Morgan fingerprint density at radius 1 is 1.39 bits per heavy atom. The van der Waals surface area contributed by atoms with E-state index in [0.717, 1.165) is 18.4 Å². The van der Waals surface area contributed by atoms with Gasteiger partial charge in [0.15, 0.2) is 0 Å². The van der Waals surface area contributed by atoms with E-state index in [2.05, 4.69) is 6.07 Å². The topological polar surface area (TPSA) is 84.6 Å². The van der Waals surface area contributed by atoms with E-state index in [9.17, 15) is 14.7 Å². The second kappa shape index (κ2) is 7.75. The third kappa shape index (κ3) is 4.54. The van der Waals surface area contributed by atoms with Crippen molar-refractivity contribution in [3.63, 3.8) is 0 Å². The van der Waals surface area contributed by atoms with Crippen LogP contribution in [0.5, 0.6) is 0 Å². The molecule has 0 aliphatic carbocycles. The predicted octanol–water partition coefficient (Wildman–Crippen LogP) is 0.890. The van der Waals surface area contributed by atoms with Crippen molar-refractivity contribution in [1.82, 2.24) is 9.80 Å². The number of nitrogens with zero attached hydrogens (tertiary/aromatic N) is 3. The van der Waals surface area contributed by atoms with E-state index in [1.165, 1.54) is 4.90 Å². The van der Waals surface area contributed by atoms with Gasteiger partial charge in [0.05, 0.1) is 18.2 Å². The first-order valence-electron chi connectivity index (χ1n) is 7.71. The Balaban J connectivity index is 1.93. The van der Waals surface area contributed by atoms with Crippen LogP contribution < -0.4 is 0 Å². The van der Waals surface area contributed by atoms with Crippen LogP contribution in [0, 0.1) is 11.3 Å². The van der Waals surface area contributed by atoms with Crippen LogP contribution in [-0.2, 0) is 16.1 Å². The Labute approximate surface area is 135 Å². The molecule has 2 rings (SSSR count). The van der Waals surface area contributed by atoms with Gasteiger partial charge in [0.25, 0.3) is 5.91 Å². The number of rotatable bonds is 4. The Morgan fingerprint density at radius 2 is 2.09 bits per heavy atom. The molecule has 122 valence electrons. The van der Waals surface area contributed by atoms with Crippen LogP contribution in [-0.4, -0.2) is 53.0 Å². The monoisotopic (exact) mass is 315 g/mol. The van der Waals surface area contributed by atoms with Crippen LogP contribution in [0.15, 0.2) is 24.3 Å². The van der Waals surface area contributed by atoms with E-state index in [1.54, 1.807) is 24.1 Å². The maximum absolute atomic E-state index is 12.3. The van der Waals surface area contributed by atoms with Gasteiger partial charge in [-0.15, -0.1) is 0 Å². The number of amides is 2. The quantitative estimate of drug-likeness (QED) is 0.894. The minimum atomic E-state index is -0.992. The highest BCUT2D eigenvalue weighted by Gasteiger charge is 2.27. The number of hydrogen-bond acceptors (Lipinski definition) is 4. The summed E-state index contributed by atoms with van der Waals surface area (Å²) in [6, 6.07) is 9.09. The molecule has 1 aromatic carbocycles. The predicted molar refractivity (Wildman–Crippen MR) is 84.1 cm³/mol. The summed E-state index contributed by atoms with van der Waals surface area (Å²) in [6.07, 6.45) is 1.06. The zero-order valence-electron chi connectivity index (χ0n) is 13.2. The van der Waals surface area contributed by atoms with Gasteiger partial charge >= 0.3 is 0 Å². The van der Waals surface area contributed by atoms with Gasteiger partial charge < -0.3 is 14.9 Å². The number of carbonyl (C=O) groups excluding carboxylic acids is 2. The molecule has 1 N–H and O–H groups in total. The lowest BCUT2D eigenvalue weighted by Gasteiger charge is -2.25. The fourth-order valence-electron chi connectivity index (χ4n) is 2.57. The van der Waals surface area contributed by atoms with E-state index in [-0.39, 0.29) is 18.4 Å². The first kappa shape index (κ1) is 17.0. The molecular formula is C17H21N3O3. The van der Waals surface area contributed by atoms with Crippen molar-refractivity contribution in [1.29, 1.82) is 5.26 Å². The first-order valence-corrected chi connectivity index (χ1v) is 7.71. The van der Waals surface area contributed by atoms with Crippen molar-refractivity contribution < 1.29 is 14.7 Å². The van der Waals surface area contributed by atoms with E-state index < -0.39 is 6.10 Å². The molecule has 1 saturated heterocycles. The fraction of sp³-hybridized carbons (Fsp3) is 0.471. The molecule has 6 nitrogen and oxygen atoms in total. The number of nitriles is 1. The first-order chi connectivity index (χ1) is 11.0. The van der Waals surface area contributed by atoms with E-state index in [4.69, 9.17) is 5.26 Å². The highest BCUT2D eigenvalue weighted by atomic mass is 16.3. The Bertz CT molecular complexity index is 607. The number of likely N-dealkylation sites (tertiary alicyclic amines) is 1. The second-order valence-corrected chi connectivity index (χ2v) is 5.83. The van der Waals surface area contributed by atoms with Gasteiger partial charge in [-0.25, -0.2) is 0 Å². The molecule has 1 aliphatic rings. The van der Waals surface area contributed by atoms with Crippen molar-refractivity contribution in [2.75, 3.05) is 20.1 Å². The average Bonchev–Trinajstić information content (AvgIpc) is 2.71. The Morgan fingerprint density at radius 3 is 2.74 bits per heavy atom. The van der Waals surface area contributed by atoms with Crippen LogP contribution in [0.2, 0.25) is 0 Å². The molecule has 1 unspecified atom stereocenters. The van der Waals surface area contributed by atoms with Gasteiger partial charge in [-0.05, 0) is 37.0 Å². The molecule has 6 heteroatoms. The molecular weight excluding hydrogens is 294 g/mol.